The van der Waals surface area contributed by atoms with Gasteiger partial charge in [-0.05, 0) is 35.9 Å². The Kier molecular flexibility index (Phi) is 6.25. The first-order chi connectivity index (χ1) is 8.31. The number of hydrogen-bond acceptors (Lipinski definition) is 2. The molecule has 1 atom stereocenters. The van der Waals surface area contributed by atoms with Gasteiger partial charge in [-0.2, -0.15) is 0 Å². The van der Waals surface area contributed by atoms with Gasteiger partial charge in [0, 0.05) is 6.42 Å². The normalized spacial score (nSPS) is 15.2. The molecule has 0 aliphatic rings. The predicted octanol–water partition coefficient (Wildman–Crippen LogP) is 4.95. The first-order valence-corrected chi connectivity index (χ1v) is 10.00. The fourth-order valence-corrected chi connectivity index (χ4v) is 2.50. The third-order valence-electron chi connectivity index (χ3n) is 4.28. The summed E-state index contributed by atoms with van der Waals surface area (Å²) in [6.07, 6.45) is 0.881. The zero-order valence-electron chi connectivity index (χ0n) is 13.9. The summed E-state index contributed by atoms with van der Waals surface area (Å²) in [4.78, 5) is 11.9. The van der Waals surface area contributed by atoms with Crippen LogP contribution in [0.15, 0.2) is 0 Å². The van der Waals surface area contributed by atoms with Crippen molar-refractivity contribution in [3.8, 4) is 0 Å². The second-order valence-corrected chi connectivity index (χ2v) is 12.7. The summed E-state index contributed by atoms with van der Waals surface area (Å²) >= 11 is 0. The van der Waals surface area contributed by atoms with Gasteiger partial charge in [-0.3, -0.25) is 9.18 Å². The Bertz CT molecular complexity index is 300. The van der Waals surface area contributed by atoms with Crippen LogP contribution in [-0.2, 0) is 9.22 Å². The lowest BCUT2D eigenvalue weighted by atomic mass is 9.79. The highest BCUT2D eigenvalue weighted by atomic mass is 28.4. The maximum atomic E-state index is 13.0. The first-order valence-electron chi connectivity index (χ1n) is 7.09. The quantitative estimate of drug-likeness (QED) is 0.670. The van der Waals surface area contributed by atoms with Gasteiger partial charge in [0.2, 0.25) is 0 Å². The third kappa shape index (κ3) is 6.06. The minimum Gasteiger partial charge on any atom is -0.519 e. The molecule has 0 aliphatic heterocycles. The first kappa shape index (κ1) is 18.6. The van der Waals surface area contributed by atoms with Gasteiger partial charge in [-0.25, -0.2) is 0 Å². The minimum atomic E-state index is -2.04. The fourth-order valence-electron chi connectivity index (χ4n) is 1.52. The molecule has 0 saturated carbocycles. The Balaban J connectivity index is 4.42. The summed E-state index contributed by atoms with van der Waals surface area (Å²) in [5.74, 6) is -0.256. The molecule has 0 bridgehead atoms. The molecule has 0 spiro atoms. The summed E-state index contributed by atoms with van der Waals surface area (Å²) in [5.41, 5.74) is -0.105. The smallest absolute Gasteiger partial charge is 0.292 e. The highest BCUT2D eigenvalue weighted by Gasteiger charge is 2.40. The molecule has 0 aromatic heterocycles. The molecule has 0 heterocycles. The summed E-state index contributed by atoms with van der Waals surface area (Å²) in [7, 11) is -2.04. The van der Waals surface area contributed by atoms with Crippen molar-refractivity contribution < 1.29 is 13.6 Å². The van der Waals surface area contributed by atoms with E-state index in [1.807, 2.05) is 20.8 Å². The standard InChI is InChI=1S/C15H31FO2Si/c1-14(2,3)12(11-16)9-10-13(17)18-19(7,8)15(4,5)6/h12H,9-11H2,1-8H3/t12-/m1/s1. The van der Waals surface area contributed by atoms with E-state index in [4.69, 9.17) is 4.43 Å². The number of halogens is 1. The van der Waals surface area contributed by atoms with Crippen LogP contribution >= 0.6 is 0 Å². The topological polar surface area (TPSA) is 26.3 Å². The summed E-state index contributed by atoms with van der Waals surface area (Å²) < 4.78 is 18.7. The molecule has 0 saturated heterocycles. The molecule has 0 N–H and O–H groups in total. The van der Waals surface area contributed by atoms with Crippen LogP contribution in [0.2, 0.25) is 18.1 Å². The van der Waals surface area contributed by atoms with E-state index in [2.05, 4.69) is 33.9 Å². The van der Waals surface area contributed by atoms with Crippen LogP contribution < -0.4 is 0 Å². The molecule has 0 aromatic rings. The lowest BCUT2D eigenvalue weighted by Crippen LogP contribution is -2.42. The van der Waals surface area contributed by atoms with Crippen molar-refractivity contribution in [3.05, 3.63) is 0 Å². The highest BCUT2D eigenvalue weighted by molar-refractivity contribution is 6.75. The van der Waals surface area contributed by atoms with Gasteiger partial charge in [0.1, 0.15) is 0 Å². The second kappa shape index (κ2) is 6.38. The fraction of sp³-hybridized carbons (Fsp3) is 0.933. The average molecular weight is 290 g/mol. The van der Waals surface area contributed by atoms with Crippen molar-refractivity contribution in [1.29, 1.82) is 0 Å². The van der Waals surface area contributed by atoms with E-state index < -0.39 is 8.32 Å². The lowest BCUT2D eigenvalue weighted by Gasteiger charge is -2.35. The zero-order valence-corrected chi connectivity index (χ0v) is 14.9. The van der Waals surface area contributed by atoms with E-state index in [-0.39, 0.29) is 29.0 Å². The Hall–Kier alpha value is -0.383. The minimum absolute atomic E-state index is 0.0200. The number of carbonyl (C=O) groups is 1. The van der Waals surface area contributed by atoms with E-state index >= 15 is 0 Å². The van der Waals surface area contributed by atoms with Crippen LogP contribution in [0.25, 0.3) is 0 Å². The van der Waals surface area contributed by atoms with Crippen LogP contribution in [-0.4, -0.2) is 21.0 Å². The lowest BCUT2D eigenvalue weighted by molar-refractivity contribution is -0.136. The van der Waals surface area contributed by atoms with Crippen molar-refractivity contribution in [2.75, 3.05) is 6.67 Å². The summed E-state index contributed by atoms with van der Waals surface area (Å²) in [6, 6.07) is 0. The van der Waals surface area contributed by atoms with Gasteiger partial charge < -0.3 is 4.43 Å². The molecule has 0 fully saturated rings. The molecule has 0 radical (unpaired) electrons. The third-order valence-corrected chi connectivity index (χ3v) is 8.63. The van der Waals surface area contributed by atoms with Crippen molar-refractivity contribution in [3.63, 3.8) is 0 Å². The molecule has 2 nitrogen and oxygen atoms in total. The largest absolute Gasteiger partial charge is 0.519 e. The van der Waals surface area contributed by atoms with E-state index in [9.17, 15) is 9.18 Å². The number of hydrogen-bond donors (Lipinski definition) is 0. The van der Waals surface area contributed by atoms with Crippen LogP contribution in [0.3, 0.4) is 0 Å². The van der Waals surface area contributed by atoms with E-state index in [0.717, 1.165) is 0 Å². The van der Waals surface area contributed by atoms with Crippen LogP contribution in [0.1, 0.15) is 54.4 Å². The van der Waals surface area contributed by atoms with Gasteiger partial charge in [-0.15, -0.1) is 0 Å². The second-order valence-electron chi connectivity index (χ2n) is 7.99. The Morgan fingerprint density at radius 2 is 1.63 bits per heavy atom. The molecule has 4 heteroatoms. The van der Waals surface area contributed by atoms with Gasteiger partial charge >= 0.3 is 0 Å². The van der Waals surface area contributed by atoms with E-state index in [0.29, 0.717) is 12.8 Å². The average Bonchev–Trinajstić information content (AvgIpc) is 2.13. The van der Waals surface area contributed by atoms with Gasteiger partial charge in [0.25, 0.3) is 14.3 Å². The zero-order chi connectivity index (χ0) is 15.5. The van der Waals surface area contributed by atoms with Crippen molar-refractivity contribution in [2.45, 2.75) is 72.5 Å². The van der Waals surface area contributed by atoms with Gasteiger partial charge in [0.05, 0.1) is 6.67 Å². The molecular formula is C15H31FO2Si. The maximum Gasteiger partial charge on any atom is 0.292 e. The molecule has 0 aliphatic carbocycles. The molecule has 0 unspecified atom stereocenters. The molecular weight excluding hydrogens is 259 g/mol. The molecule has 114 valence electrons. The summed E-state index contributed by atoms with van der Waals surface area (Å²) in [5, 5.41) is 0.0200. The molecule has 19 heavy (non-hydrogen) atoms. The van der Waals surface area contributed by atoms with Crippen LogP contribution in [0, 0.1) is 11.3 Å². The summed E-state index contributed by atoms with van der Waals surface area (Å²) in [6.45, 7) is 16.1. The monoisotopic (exact) mass is 290 g/mol. The van der Waals surface area contributed by atoms with Crippen LogP contribution in [0.4, 0.5) is 4.39 Å². The van der Waals surface area contributed by atoms with Gasteiger partial charge in [-0.1, -0.05) is 41.5 Å². The maximum absolute atomic E-state index is 13.0. The SMILES string of the molecule is CC(C)(C)[C@@H](CF)CCC(=O)O[Si](C)(C)C(C)(C)C. The number of carbonyl (C=O) groups excluding carboxylic acids is 1. The highest BCUT2D eigenvalue weighted by Crippen LogP contribution is 2.37. The van der Waals surface area contributed by atoms with Crippen LogP contribution in [0.5, 0.6) is 0 Å². The van der Waals surface area contributed by atoms with Crippen molar-refractivity contribution >= 4 is 14.3 Å². The Morgan fingerprint density at radius 3 is 1.95 bits per heavy atom. The van der Waals surface area contributed by atoms with Gasteiger partial charge in [0.15, 0.2) is 0 Å². The van der Waals surface area contributed by atoms with E-state index in [1.165, 1.54) is 0 Å². The van der Waals surface area contributed by atoms with Crippen molar-refractivity contribution in [2.24, 2.45) is 11.3 Å². The predicted molar refractivity (Wildman–Crippen MR) is 81.4 cm³/mol. The number of rotatable bonds is 5. The van der Waals surface area contributed by atoms with E-state index in [1.54, 1.807) is 0 Å². The molecule has 0 amide bonds. The molecule has 0 aromatic carbocycles. The van der Waals surface area contributed by atoms with Crippen molar-refractivity contribution in [1.82, 2.24) is 0 Å². The molecule has 0 rings (SSSR count). The Morgan fingerprint density at radius 1 is 1.16 bits per heavy atom. The number of alkyl halides is 1. The Labute approximate surface area is 119 Å².